The van der Waals surface area contributed by atoms with E-state index in [1.807, 2.05) is 0 Å². The Balaban J connectivity index is 0.891. The summed E-state index contributed by atoms with van der Waals surface area (Å²) < 4.78 is 14.8. The molecule has 0 N–H and O–H groups in total. The number of fused-ring (bicyclic) bond motifs is 25. The van der Waals surface area contributed by atoms with Gasteiger partial charge in [0.25, 0.3) is 0 Å². The maximum Gasteiger partial charge on any atom is 0.151 e. The Morgan fingerprint density at radius 2 is 0.840 bits per heavy atom. The third-order valence-electron chi connectivity index (χ3n) is 22.0. The van der Waals surface area contributed by atoms with Crippen LogP contribution in [0.25, 0.3) is 76.9 Å². The molecular formula is C89H63N3O2. The van der Waals surface area contributed by atoms with Gasteiger partial charge in [-0.2, -0.15) is 0 Å². The largest absolute Gasteiger partial charge is 0.455 e. The van der Waals surface area contributed by atoms with Gasteiger partial charge in [0, 0.05) is 50.2 Å². The van der Waals surface area contributed by atoms with E-state index in [0.717, 1.165) is 112 Å². The van der Waals surface area contributed by atoms with Gasteiger partial charge in [-0.15, -0.1) is 0 Å². The molecule has 15 aromatic rings. The number of hydrogen-bond donors (Lipinski definition) is 0. The second-order valence-electron chi connectivity index (χ2n) is 27.5. The number of ether oxygens (including phenoxy) is 1. The molecule has 5 aliphatic rings. The number of furan rings is 1. The highest BCUT2D eigenvalue weighted by molar-refractivity contribution is 6.20. The average molecular weight is 1210 g/mol. The molecule has 3 aliphatic carbocycles. The lowest BCUT2D eigenvalue weighted by Gasteiger charge is -2.47. The van der Waals surface area contributed by atoms with Gasteiger partial charge < -0.3 is 23.9 Å². The molecular weight excluding hydrogens is 1140 g/mol. The molecule has 0 bridgehead atoms. The summed E-state index contributed by atoms with van der Waals surface area (Å²) in [6, 6.07) is 102. The molecule has 94 heavy (non-hydrogen) atoms. The van der Waals surface area contributed by atoms with Crippen molar-refractivity contribution in [3.8, 4) is 44.9 Å². The molecule has 1 aromatic heterocycles. The summed E-state index contributed by atoms with van der Waals surface area (Å²) in [7, 11) is 0. The fraction of sp³-hybridized carbons (Fsp3) is 0.101. The van der Waals surface area contributed by atoms with Crippen LogP contribution in [0.3, 0.4) is 0 Å². The Kier molecular flexibility index (Phi) is 10.7. The first-order valence-electron chi connectivity index (χ1n) is 33.0. The van der Waals surface area contributed by atoms with E-state index in [4.69, 9.17) is 9.15 Å². The number of hydrogen-bond acceptors (Lipinski definition) is 5. The molecule has 3 heterocycles. The van der Waals surface area contributed by atoms with Gasteiger partial charge >= 0.3 is 0 Å². The topological polar surface area (TPSA) is 32.1 Å². The molecule has 0 fully saturated rings. The van der Waals surface area contributed by atoms with Crippen LogP contribution in [0.15, 0.2) is 277 Å². The van der Waals surface area contributed by atoms with Crippen LogP contribution in [-0.4, -0.2) is 0 Å². The Morgan fingerprint density at radius 3 is 1.49 bits per heavy atom. The van der Waals surface area contributed by atoms with Crippen molar-refractivity contribution in [2.75, 3.05) is 14.7 Å². The lowest BCUT2D eigenvalue weighted by atomic mass is 9.64. The lowest BCUT2D eigenvalue weighted by molar-refractivity contribution is 0.473. The van der Waals surface area contributed by atoms with Crippen LogP contribution in [0.2, 0.25) is 0 Å². The van der Waals surface area contributed by atoms with E-state index < -0.39 is 5.41 Å². The number of nitrogens with zero attached hydrogens (tertiary/aromatic N) is 3. The minimum atomic E-state index is -0.948. The summed E-state index contributed by atoms with van der Waals surface area (Å²) in [4.78, 5) is 7.53. The molecule has 20 rings (SSSR count). The fourth-order valence-electron chi connectivity index (χ4n) is 17.8. The normalized spacial score (nSPS) is 15.8. The smallest absolute Gasteiger partial charge is 0.151 e. The average Bonchev–Trinajstić information content (AvgIpc) is 1.43. The highest BCUT2D eigenvalue weighted by Crippen LogP contribution is 2.70. The zero-order valence-corrected chi connectivity index (χ0v) is 53.1. The quantitative estimate of drug-likeness (QED) is 0.166. The molecule has 0 radical (unpaired) electrons. The van der Waals surface area contributed by atoms with Crippen LogP contribution < -0.4 is 19.4 Å². The summed E-state index contributed by atoms with van der Waals surface area (Å²) in [6.07, 6.45) is 0. The van der Waals surface area contributed by atoms with E-state index >= 15 is 0 Å². The zero-order valence-electron chi connectivity index (χ0n) is 53.1. The maximum atomic E-state index is 7.64. The first kappa shape index (κ1) is 53.3. The third kappa shape index (κ3) is 6.87. The van der Waals surface area contributed by atoms with Gasteiger partial charge in [0.15, 0.2) is 11.5 Å². The van der Waals surface area contributed by atoms with E-state index in [-0.39, 0.29) is 10.8 Å². The van der Waals surface area contributed by atoms with Gasteiger partial charge in [-0.25, -0.2) is 0 Å². The van der Waals surface area contributed by atoms with Crippen molar-refractivity contribution in [1.82, 2.24) is 0 Å². The molecule has 446 valence electrons. The zero-order chi connectivity index (χ0) is 62.7. The first-order chi connectivity index (χ1) is 46.0. The van der Waals surface area contributed by atoms with Gasteiger partial charge in [-0.05, 0) is 204 Å². The fourth-order valence-corrected chi connectivity index (χ4v) is 17.8. The molecule has 5 heteroatoms. The monoisotopic (exact) mass is 1210 g/mol. The minimum absolute atomic E-state index is 0.256. The SMILES string of the molecule is Cc1ccccc1N(c1ccc2c(c1)C(C)(C)c1ccc3ccccc3c1-2)c1ccc2c(c1)C1(c3ccccc3N3c4ccccc4Oc4cccc1c43)c1cc(N(c3ccc4c(c3)C(C)(C)c3ccc5ccccc5c3-4)c3ccccc3C)c3c(oc4ccccc43)c1-2. The van der Waals surface area contributed by atoms with E-state index in [0.29, 0.717) is 0 Å². The van der Waals surface area contributed by atoms with Crippen molar-refractivity contribution in [1.29, 1.82) is 0 Å². The van der Waals surface area contributed by atoms with Crippen LogP contribution in [-0.2, 0) is 16.2 Å². The minimum Gasteiger partial charge on any atom is -0.455 e. The molecule has 1 spiro atoms. The van der Waals surface area contributed by atoms with Crippen LogP contribution in [0.5, 0.6) is 11.5 Å². The van der Waals surface area contributed by atoms with Gasteiger partial charge in [-0.1, -0.05) is 216 Å². The van der Waals surface area contributed by atoms with E-state index in [1.54, 1.807) is 0 Å². The highest BCUT2D eigenvalue weighted by atomic mass is 16.5. The molecule has 2 aliphatic heterocycles. The molecule has 0 saturated heterocycles. The molecule has 14 aromatic carbocycles. The van der Waals surface area contributed by atoms with Crippen molar-refractivity contribution in [2.45, 2.75) is 57.8 Å². The first-order valence-corrected chi connectivity index (χ1v) is 33.0. The van der Waals surface area contributed by atoms with E-state index in [1.165, 1.54) is 82.7 Å². The summed E-state index contributed by atoms with van der Waals surface area (Å²) in [5.41, 5.74) is 29.6. The van der Waals surface area contributed by atoms with Gasteiger partial charge in [0.1, 0.15) is 11.2 Å². The molecule has 0 amide bonds. The Labute approximate surface area is 546 Å². The van der Waals surface area contributed by atoms with Crippen LogP contribution in [0.4, 0.5) is 51.2 Å². The Morgan fingerprint density at radius 1 is 0.340 bits per heavy atom. The summed E-state index contributed by atoms with van der Waals surface area (Å²) in [5, 5.41) is 7.22. The number of para-hydroxylation sites is 7. The molecule has 0 saturated carbocycles. The van der Waals surface area contributed by atoms with Crippen LogP contribution in [0, 0.1) is 13.8 Å². The van der Waals surface area contributed by atoms with Crippen LogP contribution >= 0.6 is 0 Å². The second kappa shape index (κ2) is 18.9. The van der Waals surface area contributed by atoms with Gasteiger partial charge in [0.2, 0.25) is 0 Å². The van der Waals surface area contributed by atoms with Crippen molar-refractivity contribution >= 4 is 94.7 Å². The number of aryl methyl sites for hydroxylation is 2. The van der Waals surface area contributed by atoms with Gasteiger partial charge in [-0.3, -0.25) is 0 Å². The van der Waals surface area contributed by atoms with Gasteiger partial charge in [0.05, 0.1) is 33.6 Å². The lowest BCUT2D eigenvalue weighted by Crippen LogP contribution is -2.37. The second-order valence-corrected chi connectivity index (χ2v) is 27.5. The number of benzene rings is 14. The Bertz CT molecular complexity index is 5860. The van der Waals surface area contributed by atoms with Crippen molar-refractivity contribution in [3.05, 3.63) is 329 Å². The molecule has 1 unspecified atom stereocenters. The predicted molar refractivity (Wildman–Crippen MR) is 388 cm³/mol. The van der Waals surface area contributed by atoms with Crippen molar-refractivity contribution in [2.24, 2.45) is 0 Å². The molecule has 5 nitrogen and oxygen atoms in total. The maximum absolute atomic E-state index is 7.64. The summed E-state index contributed by atoms with van der Waals surface area (Å²) in [5.74, 6) is 1.64. The molecule has 1 atom stereocenters. The number of rotatable bonds is 6. The van der Waals surface area contributed by atoms with E-state index in [2.05, 4.69) is 329 Å². The highest BCUT2D eigenvalue weighted by Gasteiger charge is 2.55. The summed E-state index contributed by atoms with van der Waals surface area (Å²) in [6.45, 7) is 14.1. The van der Waals surface area contributed by atoms with Crippen LogP contribution in [0.1, 0.15) is 83.3 Å². The predicted octanol–water partition coefficient (Wildman–Crippen LogP) is 24.3. The number of anilines is 9. The Hall–Kier alpha value is -11.4. The third-order valence-corrected chi connectivity index (χ3v) is 22.0. The summed E-state index contributed by atoms with van der Waals surface area (Å²) >= 11 is 0. The van der Waals surface area contributed by atoms with Crippen molar-refractivity contribution < 1.29 is 9.15 Å². The van der Waals surface area contributed by atoms with Crippen molar-refractivity contribution in [3.63, 3.8) is 0 Å². The van der Waals surface area contributed by atoms with E-state index in [9.17, 15) is 0 Å². The standard InChI is InChI=1S/C89H63N3O2/c1-52-22-7-15-31-73(52)90(56-40-43-61-69(48-56)87(3,4)66-46-38-54-24-9-11-26-59(54)81(61)66)57-41-45-63-71(50-57)89(65-29-14-17-33-75(65)92-76-34-18-20-36-79(76)93-80-37-21-30-68(89)85(80)92)72-51-77(84-64-28-13-19-35-78(64)94-86(84)83(63)72)91(74-32-16-8-23-53(74)2)58-42-44-62-70(49-58)88(5,6)67-47-39-55-25-10-12-27-60(55)82(62)67/h7-51H,1-6H3.